The van der Waals surface area contributed by atoms with Crippen LogP contribution in [0.4, 0.5) is 0 Å². The van der Waals surface area contributed by atoms with E-state index in [4.69, 9.17) is 0 Å². The maximum Gasteiger partial charge on any atom is 0.244 e. The normalized spacial score (nSPS) is 25.9. The van der Waals surface area contributed by atoms with Gasteiger partial charge in [-0.15, -0.1) is 22.7 Å². The largest absolute Gasteiger partial charge is 0.348 e. The highest BCUT2D eigenvalue weighted by atomic mass is 32.2. The molecule has 6 rings (SSSR count). The van der Waals surface area contributed by atoms with Crippen LogP contribution in [0.25, 0.3) is 15.5 Å². The summed E-state index contributed by atoms with van der Waals surface area (Å²) in [5, 5.41) is 6.94. The Kier molecular flexibility index (Phi) is 5.48. The lowest BCUT2D eigenvalue weighted by atomic mass is 9.77. The van der Waals surface area contributed by atoms with Gasteiger partial charge >= 0.3 is 0 Å². The van der Waals surface area contributed by atoms with Crippen molar-refractivity contribution in [1.29, 1.82) is 0 Å². The highest BCUT2D eigenvalue weighted by Gasteiger charge is 2.42. The molecule has 0 radical (unpaired) electrons. The first-order valence-corrected chi connectivity index (χ1v) is 12.4. The first-order chi connectivity index (χ1) is 14.6. The van der Waals surface area contributed by atoms with Gasteiger partial charge in [0, 0.05) is 40.8 Å². The lowest BCUT2D eigenvalue weighted by Gasteiger charge is -2.51. The number of amides is 1. The van der Waals surface area contributed by atoms with Crippen LogP contribution >= 0.6 is 22.7 Å². The Balaban J connectivity index is 1.31. The number of nitrogens with one attached hydrogen (secondary N) is 1. The zero-order valence-electron chi connectivity index (χ0n) is 17.4. The van der Waals surface area contributed by atoms with Crippen molar-refractivity contribution >= 4 is 44.1 Å². The van der Waals surface area contributed by atoms with Gasteiger partial charge in [-0.3, -0.25) is 14.7 Å². The van der Waals surface area contributed by atoms with Crippen molar-refractivity contribution in [3.63, 3.8) is 0 Å². The Morgan fingerprint density at radius 3 is 2.90 bits per heavy atom. The van der Waals surface area contributed by atoms with E-state index in [2.05, 4.69) is 40.5 Å². The van der Waals surface area contributed by atoms with Crippen molar-refractivity contribution in [3.05, 3.63) is 57.6 Å². The van der Waals surface area contributed by atoms with Crippen LogP contribution in [-0.4, -0.2) is 41.0 Å². The van der Waals surface area contributed by atoms with E-state index < -0.39 is 0 Å². The average molecular weight is 438 g/mol. The van der Waals surface area contributed by atoms with Crippen molar-refractivity contribution in [2.24, 2.45) is 5.92 Å². The molecule has 1 N–H and O–H groups in total. The number of pyridine rings is 1. The molecule has 3 aliphatic rings. The Morgan fingerprint density at radius 1 is 1.33 bits per heavy atom. The van der Waals surface area contributed by atoms with Crippen molar-refractivity contribution in [3.8, 4) is 0 Å². The predicted molar refractivity (Wildman–Crippen MR) is 126 cm³/mol. The summed E-state index contributed by atoms with van der Waals surface area (Å²) in [6.45, 7) is 6.60. The number of carbonyl (C=O) groups is 1. The third-order valence-corrected chi connectivity index (χ3v) is 9.20. The fourth-order valence-electron chi connectivity index (χ4n) is 5.15. The molecule has 0 aromatic carbocycles. The lowest BCUT2D eigenvalue weighted by Crippen LogP contribution is -2.64. The second-order valence-electron chi connectivity index (χ2n) is 8.55. The molecule has 3 aliphatic heterocycles. The van der Waals surface area contributed by atoms with Crippen LogP contribution in [0.3, 0.4) is 0 Å². The van der Waals surface area contributed by atoms with Gasteiger partial charge in [0.05, 0.1) is 4.01 Å². The topological polar surface area (TPSA) is 45.2 Å². The molecule has 3 aromatic rings. The lowest BCUT2D eigenvalue weighted by molar-refractivity contribution is -0.119. The number of aryl methyl sites for hydroxylation is 2. The minimum Gasteiger partial charge on any atom is -0.348 e. The Hall–Kier alpha value is -2.02. The molecule has 0 saturated carbocycles. The molecule has 2 atom stereocenters. The summed E-state index contributed by atoms with van der Waals surface area (Å²) in [6.07, 6.45) is 10.8. The third kappa shape index (κ3) is 3.72. The van der Waals surface area contributed by atoms with Gasteiger partial charge in [0.15, 0.2) is 0 Å². The van der Waals surface area contributed by atoms with Gasteiger partial charge in [-0.25, -0.2) is 0 Å². The summed E-state index contributed by atoms with van der Waals surface area (Å²) in [6, 6.07) is 4.70. The van der Waals surface area contributed by atoms with Gasteiger partial charge in [0.2, 0.25) is 5.91 Å². The molecule has 3 saturated heterocycles. The van der Waals surface area contributed by atoms with E-state index in [0.29, 0.717) is 12.0 Å². The van der Waals surface area contributed by atoms with Crippen molar-refractivity contribution < 1.29 is 4.79 Å². The van der Waals surface area contributed by atoms with Crippen LogP contribution in [0.1, 0.15) is 34.4 Å². The summed E-state index contributed by atoms with van der Waals surface area (Å²) in [7, 11) is 0. The summed E-state index contributed by atoms with van der Waals surface area (Å²) >= 11 is 3.58. The average Bonchev–Trinajstić information content (AvgIpc) is 3.29. The smallest absolute Gasteiger partial charge is 0.244 e. The molecule has 6 heterocycles. The summed E-state index contributed by atoms with van der Waals surface area (Å²) in [4.78, 5) is 20.9. The Bertz CT molecular complexity index is 1080. The predicted octanol–water partition coefficient (Wildman–Crippen LogP) is 4.81. The highest BCUT2D eigenvalue weighted by Crippen LogP contribution is 2.38. The van der Waals surface area contributed by atoms with E-state index in [1.807, 2.05) is 24.5 Å². The molecule has 30 heavy (non-hydrogen) atoms. The number of aromatic nitrogens is 1. The Morgan fingerprint density at radius 2 is 2.17 bits per heavy atom. The van der Waals surface area contributed by atoms with Crippen molar-refractivity contribution in [1.82, 2.24) is 15.2 Å². The first kappa shape index (κ1) is 19.9. The molecule has 1 amide bonds. The van der Waals surface area contributed by atoms with E-state index in [1.165, 1.54) is 43.8 Å². The molecule has 6 heteroatoms. The molecule has 0 spiro atoms. The van der Waals surface area contributed by atoms with Gasteiger partial charge in [0.1, 0.15) is 0 Å². The van der Waals surface area contributed by atoms with Crippen LogP contribution in [0.5, 0.6) is 0 Å². The van der Waals surface area contributed by atoms with E-state index in [0.717, 1.165) is 19.5 Å². The molecule has 2 bridgehead atoms. The standard InChI is InChI=1S/C24H27N3OS2/c1-15-14-29-24-22(15)16(2)20(30-24)5-6-21(28)26-23-18-7-10-27(11-8-18)19(23)12-17-4-3-9-25-13-17/h3-6,9,13-14,18-19,23H,7-8,10-12H2,1-2H3,(H,26,28)/b6-5+/t19-,23+/m0/s1. The molecule has 3 fully saturated rings. The number of thiophene rings is 2. The molecule has 3 aromatic heterocycles. The molecular formula is C24H27N3OS2. The van der Waals surface area contributed by atoms with E-state index >= 15 is 0 Å². The molecule has 156 valence electrons. The van der Waals surface area contributed by atoms with Crippen LogP contribution < -0.4 is 5.32 Å². The number of carbonyl (C=O) groups excluding carboxylic acids is 1. The van der Waals surface area contributed by atoms with Gasteiger partial charge < -0.3 is 5.32 Å². The summed E-state index contributed by atoms with van der Waals surface area (Å²) in [5.41, 5.74) is 3.86. The van der Waals surface area contributed by atoms with Gasteiger partial charge in [-0.2, -0.15) is 0 Å². The number of hydrogen-bond donors (Lipinski definition) is 1. The van der Waals surface area contributed by atoms with E-state index in [9.17, 15) is 4.79 Å². The molecule has 0 unspecified atom stereocenters. The quantitative estimate of drug-likeness (QED) is 0.583. The number of piperidine rings is 3. The third-order valence-electron chi connectivity index (χ3n) is 6.72. The minimum atomic E-state index is 0.0258. The van der Waals surface area contributed by atoms with E-state index in [-0.39, 0.29) is 11.9 Å². The second kappa shape index (κ2) is 8.25. The zero-order chi connectivity index (χ0) is 20.7. The van der Waals surface area contributed by atoms with Crippen LogP contribution in [0.15, 0.2) is 36.0 Å². The maximum atomic E-state index is 12.9. The van der Waals surface area contributed by atoms with E-state index in [1.54, 1.807) is 28.7 Å². The Labute approximate surface area is 185 Å². The van der Waals surface area contributed by atoms with Gasteiger partial charge in [-0.05, 0) is 86.3 Å². The fraction of sp³-hybridized carbons (Fsp3) is 0.417. The number of rotatable bonds is 5. The second-order valence-corrected chi connectivity index (χ2v) is 10.7. The zero-order valence-corrected chi connectivity index (χ0v) is 19.1. The number of fused-ring (bicyclic) bond motifs is 4. The number of nitrogens with zero attached hydrogens (tertiary/aromatic N) is 2. The number of hydrogen-bond acceptors (Lipinski definition) is 5. The SMILES string of the molecule is Cc1csc2sc(/C=C/C(=O)N[C@@H]3C4CCN(CC4)[C@H]3Cc3cccnc3)c(C)c12. The monoisotopic (exact) mass is 437 g/mol. The summed E-state index contributed by atoms with van der Waals surface area (Å²) in [5.74, 6) is 0.600. The van der Waals surface area contributed by atoms with Gasteiger partial charge in [-0.1, -0.05) is 6.07 Å². The van der Waals surface area contributed by atoms with Crippen LogP contribution in [-0.2, 0) is 11.2 Å². The first-order valence-electron chi connectivity index (χ1n) is 10.7. The van der Waals surface area contributed by atoms with Crippen LogP contribution in [0.2, 0.25) is 0 Å². The summed E-state index contributed by atoms with van der Waals surface area (Å²) < 4.78 is 1.35. The maximum absolute atomic E-state index is 12.9. The highest BCUT2D eigenvalue weighted by molar-refractivity contribution is 7.38. The van der Waals surface area contributed by atoms with Gasteiger partial charge in [0.25, 0.3) is 0 Å². The van der Waals surface area contributed by atoms with Crippen LogP contribution in [0, 0.1) is 19.8 Å². The molecule has 0 aliphatic carbocycles. The van der Waals surface area contributed by atoms with Crippen molar-refractivity contribution in [2.45, 2.75) is 45.2 Å². The molecule has 4 nitrogen and oxygen atoms in total. The fourth-order valence-corrected chi connectivity index (χ4v) is 7.60. The minimum absolute atomic E-state index is 0.0258. The van der Waals surface area contributed by atoms with Crippen molar-refractivity contribution in [2.75, 3.05) is 13.1 Å². The molecular weight excluding hydrogens is 410 g/mol.